The summed E-state index contributed by atoms with van der Waals surface area (Å²) in [5.41, 5.74) is -5.26. The maximum Gasteiger partial charge on any atom is 0.511 e. The van der Waals surface area contributed by atoms with Gasteiger partial charge in [-0.25, -0.2) is 8.42 Å². The number of rotatable bonds is 7. The predicted octanol–water partition coefficient (Wildman–Crippen LogP) is 1.28. The normalized spacial score (nSPS) is 17.1. The first-order chi connectivity index (χ1) is 12.1. The lowest BCUT2D eigenvalue weighted by molar-refractivity contribution is -0.140. The standard InChI is InChI=1S/C14H25F3N4O4S.HI/c1-3-18-13(19-7-4-12(22)25-2)20-10-11-5-8-21(9-6-11)26(23,24)14(15,16)17;/h11H,3-10H2,1-2H3,(H2,18,19,20);1H. The molecule has 0 aromatic carbocycles. The van der Waals surface area contributed by atoms with Gasteiger partial charge in [-0.3, -0.25) is 9.79 Å². The highest BCUT2D eigenvalue weighted by molar-refractivity contribution is 14.0. The van der Waals surface area contributed by atoms with E-state index >= 15 is 0 Å². The zero-order chi connectivity index (χ0) is 19.8. The van der Waals surface area contributed by atoms with E-state index < -0.39 is 15.5 Å². The smallest absolute Gasteiger partial charge is 0.469 e. The monoisotopic (exact) mass is 530 g/mol. The Hall–Kier alpha value is -0.830. The summed E-state index contributed by atoms with van der Waals surface area (Å²) in [6.07, 6.45) is 0.787. The molecule has 1 saturated heterocycles. The average molecular weight is 530 g/mol. The van der Waals surface area contributed by atoms with Crippen LogP contribution in [0.2, 0.25) is 0 Å². The molecule has 1 heterocycles. The van der Waals surface area contributed by atoms with Crippen LogP contribution in [0, 0.1) is 5.92 Å². The Morgan fingerprint density at radius 2 is 1.85 bits per heavy atom. The number of carbonyl (C=O) groups is 1. The van der Waals surface area contributed by atoms with Crippen LogP contribution in [-0.2, 0) is 19.6 Å². The Balaban J connectivity index is 0.00000676. The molecule has 0 aromatic rings. The topological polar surface area (TPSA) is 100 Å². The molecule has 13 heteroatoms. The van der Waals surface area contributed by atoms with E-state index in [1.807, 2.05) is 6.92 Å². The van der Waals surface area contributed by atoms with Crippen LogP contribution in [-0.4, -0.2) is 70.0 Å². The van der Waals surface area contributed by atoms with Gasteiger partial charge in [0.25, 0.3) is 0 Å². The van der Waals surface area contributed by atoms with Crippen LogP contribution in [0.5, 0.6) is 0 Å². The van der Waals surface area contributed by atoms with Gasteiger partial charge in [-0.1, -0.05) is 0 Å². The van der Waals surface area contributed by atoms with E-state index in [9.17, 15) is 26.4 Å². The van der Waals surface area contributed by atoms with Gasteiger partial charge in [-0.2, -0.15) is 17.5 Å². The van der Waals surface area contributed by atoms with Gasteiger partial charge in [-0.05, 0) is 25.7 Å². The average Bonchev–Trinajstić information content (AvgIpc) is 2.58. The van der Waals surface area contributed by atoms with Gasteiger partial charge in [-0.15, -0.1) is 24.0 Å². The second-order valence-corrected chi connectivity index (χ2v) is 7.70. The van der Waals surface area contributed by atoms with Crippen LogP contribution in [0.25, 0.3) is 0 Å². The molecule has 1 fully saturated rings. The molecule has 0 atom stereocenters. The third-order valence-electron chi connectivity index (χ3n) is 3.91. The van der Waals surface area contributed by atoms with Crippen LogP contribution in [0.3, 0.4) is 0 Å². The van der Waals surface area contributed by atoms with Crippen LogP contribution >= 0.6 is 24.0 Å². The Labute approximate surface area is 174 Å². The molecule has 0 aromatic heterocycles. The first-order valence-corrected chi connectivity index (χ1v) is 9.71. The van der Waals surface area contributed by atoms with Crippen molar-refractivity contribution in [1.29, 1.82) is 0 Å². The number of ether oxygens (including phenoxy) is 1. The number of aliphatic imine (C=N–C) groups is 1. The summed E-state index contributed by atoms with van der Waals surface area (Å²) in [7, 11) is -3.96. The van der Waals surface area contributed by atoms with Crippen molar-refractivity contribution in [2.24, 2.45) is 10.9 Å². The highest BCUT2D eigenvalue weighted by Crippen LogP contribution is 2.30. The molecule has 2 N–H and O–H groups in total. The molecule has 0 aliphatic carbocycles. The third-order valence-corrected chi connectivity index (χ3v) is 5.54. The Morgan fingerprint density at radius 1 is 1.26 bits per heavy atom. The molecule has 0 unspecified atom stereocenters. The van der Waals surface area contributed by atoms with Crippen molar-refractivity contribution in [3.63, 3.8) is 0 Å². The maximum absolute atomic E-state index is 12.6. The van der Waals surface area contributed by atoms with Crippen molar-refractivity contribution in [2.45, 2.75) is 31.7 Å². The number of hydrogen-bond donors (Lipinski definition) is 2. The van der Waals surface area contributed by atoms with Crippen molar-refractivity contribution in [3.8, 4) is 0 Å². The first-order valence-electron chi connectivity index (χ1n) is 8.27. The lowest BCUT2D eigenvalue weighted by Gasteiger charge is -2.30. The Bertz CT molecular complexity index is 594. The number of nitrogens with one attached hydrogen (secondary N) is 2. The molecule has 0 radical (unpaired) electrons. The number of methoxy groups -OCH3 is 1. The lowest BCUT2D eigenvalue weighted by Crippen LogP contribution is -2.45. The Kier molecular flexibility index (Phi) is 11.5. The zero-order valence-electron chi connectivity index (χ0n) is 15.2. The van der Waals surface area contributed by atoms with Gasteiger partial charge in [0.05, 0.1) is 13.5 Å². The van der Waals surface area contributed by atoms with E-state index in [0.29, 0.717) is 42.7 Å². The van der Waals surface area contributed by atoms with Crippen LogP contribution in [0.15, 0.2) is 4.99 Å². The summed E-state index contributed by atoms with van der Waals surface area (Å²) in [5, 5.41) is 5.96. The van der Waals surface area contributed by atoms with E-state index in [4.69, 9.17) is 0 Å². The van der Waals surface area contributed by atoms with Crippen molar-refractivity contribution < 1.29 is 31.1 Å². The van der Waals surface area contributed by atoms with Crippen LogP contribution in [0.4, 0.5) is 13.2 Å². The zero-order valence-corrected chi connectivity index (χ0v) is 18.4. The predicted molar refractivity (Wildman–Crippen MR) is 105 cm³/mol. The molecule has 0 spiro atoms. The fourth-order valence-corrected chi connectivity index (χ4v) is 3.41. The van der Waals surface area contributed by atoms with Crippen molar-refractivity contribution in [3.05, 3.63) is 0 Å². The SMILES string of the molecule is CCNC(=NCC1CCN(S(=O)(=O)C(F)(F)F)CC1)NCCC(=O)OC.I. The number of nitrogens with zero attached hydrogens (tertiary/aromatic N) is 2. The minimum Gasteiger partial charge on any atom is -0.469 e. The van der Waals surface area contributed by atoms with Crippen LogP contribution in [0.1, 0.15) is 26.2 Å². The fourth-order valence-electron chi connectivity index (χ4n) is 2.43. The summed E-state index contributed by atoms with van der Waals surface area (Å²) in [6, 6.07) is 0. The number of carbonyl (C=O) groups excluding carboxylic acids is 1. The quantitative estimate of drug-likeness (QED) is 0.223. The minimum absolute atomic E-state index is 0. The highest BCUT2D eigenvalue weighted by Gasteiger charge is 2.50. The first kappa shape index (κ1) is 26.2. The van der Waals surface area contributed by atoms with Gasteiger partial charge in [0.1, 0.15) is 0 Å². The second kappa shape index (κ2) is 11.9. The number of halogens is 4. The molecule has 27 heavy (non-hydrogen) atoms. The summed E-state index contributed by atoms with van der Waals surface area (Å²) in [5.74, 6) is 0.124. The molecular formula is C14H26F3IN4O4S. The van der Waals surface area contributed by atoms with E-state index in [2.05, 4.69) is 20.4 Å². The molecular weight excluding hydrogens is 504 g/mol. The number of sulfonamides is 1. The molecule has 0 amide bonds. The largest absolute Gasteiger partial charge is 0.511 e. The summed E-state index contributed by atoms with van der Waals surface area (Å²) in [6.45, 7) is 2.82. The van der Waals surface area contributed by atoms with Crippen molar-refractivity contribution >= 4 is 45.9 Å². The van der Waals surface area contributed by atoms with Gasteiger partial charge < -0.3 is 15.4 Å². The van der Waals surface area contributed by atoms with Crippen molar-refractivity contribution in [1.82, 2.24) is 14.9 Å². The fraction of sp³-hybridized carbons (Fsp3) is 0.857. The number of esters is 1. The van der Waals surface area contributed by atoms with E-state index in [1.165, 1.54) is 7.11 Å². The summed E-state index contributed by atoms with van der Waals surface area (Å²) < 4.78 is 65.4. The third kappa shape index (κ3) is 8.37. The minimum atomic E-state index is -5.26. The summed E-state index contributed by atoms with van der Waals surface area (Å²) >= 11 is 0. The molecule has 160 valence electrons. The highest BCUT2D eigenvalue weighted by atomic mass is 127. The van der Waals surface area contributed by atoms with Gasteiger partial charge in [0, 0.05) is 32.7 Å². The molecule has 8 nitrogen and oxygen atoms in total. The molecule has 0 saturated carbocycles. The van der Waals surface area contributed by atoms with E-state index in [-0.39, 0.29) is 55.4 Å². The second-order valence-electron chi connectivity index (χ2n) is 5.77. The number of hydrogen-bond acceptors (Lipinski definition) is 5. The van der Waals surface area contributed by atoms with Crippen molar-refractivity contribution in [2.75, 3.05) is 39.8 Å². The van der Waals surface area contributed by atoms with E-state index in [1.54, 1.807) is 0 Å². The van der Waals surface area contributed by atoms with Gasteiger partial charge in [0.2, 0.25) is 0 Å². The van der Waals surface area contributed by atoms with E-state index in [0.717, 1.165) is 0 Å². The molecule has 1 aliphatic heterocycles. The number of piperidine rings is 1. The Morgan fingerprint density at radius 3 is 2.33 bits per heavy atom. The van der Waals surface area contributed by atoms with Crippen LogP contribution < -0.4 is 10.6 Å². The number of alkyl halides is 3. The lowest BCUT2D eigenvalue weighted by atomic mass is 9.98. The number of guanidine groups is 1. The maximum atomic E-state index is 12.6. The van der Waals surface area contributed by atoms with Gasteiger partial charge >= 0.3 is 21.5 Å². The van der Waals surface area contributed by atoms with Gasteiger partial charge in [0.15, 0.2) is 5.96 Å². The molecule has 0 bridgehead atoms. The summed E-state index contributed by atoms with van der Waals surface area (Å²) in [4.78, 5) is 15.4. The molecule has 1 aliphatic rings. The molecule has 1 rings (SSSR count).